The second kappa shape index (κ2) is 7.63. The number of nitriles is 1. The molecule has 0 aliphatic heterocycles. The highest BCUT2D eigenvalue weighted by atomic mass is 16.6. The summed E-state index contributed by atoms with van der Waals surface area (Å²) in [5, 5.41) is 10.4. The molecule has 0 spiro atoms. The summed E-state index contributed by atoms with van der Waals surface area (Å²) in [6.07, 6.45) is 1.21. The van der Waals surface area contributed by atoms with Crippen LogP contribution in [0.15, 0.2) is 54.7 Å². The molecular weight excluding hydrogens is 364 g/mol. The maximum atomic E-state index is 12.8. The van der Waals surface area contributed by atoms with Crippen LogP contribution in [0.4, 0.5) is 4.79 Å². The van der Waals surface area contributed by atoms with Crippen molar-refractivity contribution in [2.24, 2.45) is 0 Å². The van der Waals surface area contributed by atoms with Gasteiger partial charge in [-0.25, -0.2) is 4.79 Å². The fourth-order valence-corrected chi connectivity index (χ4v) is 3.06. The number of ether oxygens (including phenoxy) is 2. The molecule has 29 heavy (non-hydrogen) atoms. The first kappa shape index (κ1) is 20.5. The first-order valence-electron chi connectivity index (χ1n) is 9.58. The standard InChI is InChI=1S/C24H26N2O3/c1-23(2,3)29-22(27)26-14-20(24(4,5)16-25)19-12-11-18(13-21(19)26)28-15-17-9-7-6-8-10-17/h6-14H,15H2,1-5H3. The van der Waals surface area contributed by atoms with E-state index in [0.29, 0.717) is 17.9 Å². The number of rotatable bonds is 4. The summed E-state index contributed by atoms with van der Waals surface area (Å²) in [6.45, 7) is 9.57. The SMILES string of the molecule is CC(C)(C)OC(=O)n1cc(C(C)(C)C#N)c2ccc(OCc3ccccc3)cc21. The Bertz CT molecular complexity index is 1070. The van der Waals surface area contributed by atoms with Crippen molar-refractivity contribution in [3.63, 3.8) is 0 Å². The van der Waals surface area contributed by atoms with Crippen molar-refractivity contribution >= 4 is 17.0 Å². The normalized spacial score (nSPS) is 11.9. The molecule has 3 rings (SSSR count). The van der Waals surface area contributed by atoms with Crippen LogP contribution < -0.4 is 4.74 Å². The first-order chi connectivity index (χ1) is 13.6. The number of hydrogen-bond donors (Lipinski definition) is 0. The van der Waals surface area contributed by atoms with E-state index in [9.17, 15) is 10.1 Å². The van der Waals surface area contributed by atoms with Gasteiger partial charge in [0.2, 0.25) is 0 Å². The highest BCUT2D eigenvalue weighted by Gasteiger charge is 2.28. The van der Waals surface area contributed by atoms with Gasteiger partial charge in [-0.3, -0.25) is 4.57 Å². The second-order valence-corrected chi connectivity index (χ2v) is 8.58. The van der Waals surface area contributed by atoms with Gasteiger partial charge < -0.3 is 9.47 Å². The predicted octanol–water partition coefficient (Wildman–Crippen LogP) is 5.80. The molecule has 2 aromatic carbocycles. The highest BCUT2D eigenvalue weighted by molar-refractivity contribution is 5.93. The lowest BCUT2D eigenvalue weighted by atomic mass is 9.86. The molecule has 150 valence electrons. The zero-order valence-corrected chi connectivity index (χ0v) is 17.5. The Labute approximate surface area is 171 Å². The number of benzene rings is 2. The van der Waals surface area contributed by atoms with Crippen molar-refractivity contribution in [1.29, 1.82) is 5.26 Å². The van der Waals surface area contributed by atoms with Crippen molar-refractivity contribution in [3.05, 3.63) is 65.9 Å². The Balaban J connectivity index is 2.03. The number of aromatic nitrogens is 1. The minimum atomic E-state index is -0.752. The molecule has 0 fully saturated rings. The third kappa shape index (κ3) is 4.60. The average Bonchev–Trinajstić information content (AvgIpc) is 3.06. The smallest absolute Gasteiger partial charge is 0.419 e. The van der Waals surface area contributed by atoms with E-state index in [1.54, 1.807) is 6.20 Å². The van der Waals surface area contributed by atoms with Gasteiger partial charge in [0.05, 0.1) is 17.0 Å². The minimum absolute atomic E-state index is 0.427. The molecule has 0 aliphatic carbocycles. The van der Waals surface area contributed by atoms with Crippen LogP contribution >= 0.6 is 0 Å². The Hall–Kier alpha value is -3.26. The van der Waals surface area contributed by atoms with E-state index in [2.05, 4.69) is 6.07 Å². The maximum Gasteiger partial charge on any atom is 0.419 e. The number of nitrogens with zero attached hydrogens (tertiary/aromatic N) is 2. The summed E-state index contributed by atoms with van der Waals surface area (Å²) < 4.78 is 13.0. The summed E-state index contributed by atoms with van der Waals surface area (Å²) in [4.78, 5) is 12.8. The molecule has 0 amide bonds. The van der Waals surface area contributed by atoms with Gasteiger partial charge >= 0.3 is 6.09 Å². The molecule has 0 atom stereocenters. The molecule has 0 unspecified atom stereocenters. The van der Waals surface area contributed by atoms with E-state index in [0.717, 1.165) is 16.5 Å². The topological polar surface area (TPSA) is 64.2 Å². The van der Waals surface area contributed by atoms with Crippen LogP contribution in [-0.2, 0) is 16.8 Å². The lowest BCUT2D eigenvalue weighted by Crippen LogP contribution is -2.26. The van der Waals surface area contributed by atoms with E-state index in [-0.39, 0.29) is 0 Å². The zero-order valence-electron chi connectivity index (χ0n) is 17.5. The largest absolute Gasteiger partial charge is 0.489 e. The van der Waals surface area contributed by atoms with Crippen LogP contribution in [0, 0.1) is 11.3 Å². The Morgan fingerprint density at radius 1 is 1.07 bits per heavy atom. The minimum Gasteiger partial charge on any atom is -0.489 e. The van der Waals surface area contributed by atoms with Crippen LogP contribution in [0.1, 0.15) is 45.7 Å². The number of carbonyl (C=O) groups excluding carboxylic acids is 1. The van der Waals surface area contributed by atoms with Crippen LogP contribution in [0.5, 0.6) is 5.75 Å². The van der Waals surface area contributed by atoms with Gasteiger partial charge in [-0.2, -0.15) is 5.26 Å². The lowest BCUT2D eigenvalue weighted by Gasteiger charge is -2.20. The van der Waals surface area contributed by atoms with E-state index < -0.39 is 17.1 Å². The molecule has 0 aliphatic rings. The third-order valence-corrected chi connectivity index (χ3v) is 4.57. The van der Waals surface area contributed by atoms with Crippen LogP contribution in [0.25, 0.3) is 10.9 Å². The molecule has 0 saturated heterocycles. The Morgan fingerprint density at radius 2 is 1.76 bits per heavy atom. The third-order valence-electron chi connectivity index (χ3n) is 4.57. The molecule has 0 bridgehead atoms. The fraction of sp³-hybridized carbons (Fsp3) is 0.333. The van der Waals surface area contributed by atoms with E-state index in [1.807, 2.05) is 83.1 Å². The summed E-state index contributed by atoms with van der Waals surface area (Å²) in [5.41, 5.74) is 1.11. The van der Waals surface area contributed by atoms with Crippen molar-refractivity contribution in [3.8, 4) is 11.8 Å². The van der Waals surface area contributed by atoms with Gasteiger partial charge in [0.15, 0.2) is 0 Å². The summed E-state index contributed by atoms with van der Waals surface area (Å²) in [6, 6.07) is 17.8. The second-order valence-electron chi connectivity index (χ2n) is 8.58. The van der Waals surface area contributed by atoms with Crippen LogP contribution in [0.3, 0.4) is 0 Å². The summed E-state index contributed by atoms with van der Waals surface area (Å²) in [7, 11) is 0. The molecule has 5 heteroatoms. The van der Waals surface area contributed by atoms with Crippen molar-refractivity contribution < 1.29 is 14.3 Å². The first-order valence-corrected chi connectivity index (χ1v) is 9.58. The van der Waals surface area contributed by atoms with Crippen LogP contribution in [0.2, 0.25) is 0 Å². The Kier molecular flexibility index (Phi) is 5.39. The van der Waals surface area contributed by atoms with Gasteiger partial charge in [-0.05, 0) is 57.9 Å². The molecule has 3 aromatic rings. The van der Waals surface area contributed by atoms with Gasteiger partial charge in [0, 0.05) is 17.6 Å². The van der Waals surface area contributed by atoms with Gasteiger partial charge in [0.25, 0.3) is 0 Å². The monoisotopic (exact) mass is 390 g/mol. The quantitative estimate of drug-likeness (QED) is 0.564. The molecule has 1 heterocycles. The van der Waals surface area contributed by atoms with Gasteiger partial charge in [-0.15, -0.1) is 0 Å². The van der Waals surface area contributed by atoms with Crippen molar-refractivity contribution in [1.82, 2.24) is 4.57 Å². The van der Waals surface area contributed by atoms with Crippen molar-refractivity contribution in [2.75, 3.05) is 0 Å². The maximum absolute atomic E-state index is 12.8. The van der Waals surface area contributed by atoms with E-state index in [1.165, 1.54) is 4.57 Å². The van der Waals surface area contributed by atoms with Gasteiger partial charge in [0.1, 0.15) is 18.0 Å². The molecule has 1 aromatic heterocycles. The number of carbonyl (C=O) groups is 1. The molecule has 5 nitrogen and oxygen atoms in total. The molecular formula is C24H26N2O3. The highest BCUT2D eigenvalue weighted by Crippen LogP contribution is 2.34. The van der Waals surface area contributed by atoms with E-state index in [4.69, 9.17) is 9.47 Å². The molecule has 0 N–H and O–H groups in total. The molecule has 0 radical (unpaired) electrons. The van der Waals surface area contributed by atoms with Gasteiger partial charge in [-0.1, -0.05) is 30.3 Å². The lowest BCUT2D eigenvalue weighted by molar-refractivity contribution is 0.0544. The summed E-state index contributed by atoms with van der Waals surface area (Å²) in [5.74, 6) is 0.644. The molecule has 0 saturated carbocycles. The van der Waals surface area contributed by atoms with Crippen molar-refractivity contribution in [2.45, 2.75) is 52.2 Å². The zero-order chi connectivity index (χ0) is 21.2. The average molecular weight is 390 g/mol. The van der Waals surface area contributed by atoms with E-state index >= 15 is 0 Å². The number of hydrogen-bond acceptors (Lipinski definition) is 4. The Morgan fingerprint density at radius 3 is 2.38 bits per heavy atom. The fourth-order valence-electron chi connectivity index (χ4n) is 3.06. The number of fused-ring (bicyclic) bond motifs is 1. The predicted molar refractivity (Wildman–Crippen MR) is 113 cm³/mol. The summed E-state index contributed by atoms with van der Waals surface area (Å²) >= 11 is 0. The van der Waals surface area contributed by atoms with Crippen LogP contribution in [-0.4, -0.2) is 16.3 Å².